The molecule has 0 spiro atoms. The van der Waals surface area contributed by atoms with Crippen molar-refractivity contribution in [1.82, 2.24) is 14.8 Å². The molecule has 2 atom stereocenters. The van der Waals surface area contributed by atoms with Crippen LogP contribution in [-0.4, -0.2) is 26.2 Å². The van der Waals surface area contributed by atoms with Gasteiger partial charge in [0.25, 0.3) is 0 Å². The van der Waals surface area contributed by atoms with Gasteiger partial charge in [0.15, 0.2) is 0 Å². The number of benzene rings is 2. The fraction of sp³-hybridized carbons (Fsp3) is 0.238. The smallest absolute Gasteiger partial charge is 0.406 e. The van der Waals surface area contributed by atoms with Gasteiger partial charge in [-0.05, 0) is 23.8 Å². The molecule has 0 bridgehead atoms. The fourth-order valence-electron chi connectivity index (χ4n) is 3.07. The fourth-order valence-corrected chi connectivity index (χ4v) is 3.07. The van der Waals surface area contributed by atoms with Gasteiger partial charge < -0.3 is 9.84 Å². The van der Waals surface area contributed by atoms with E-state index in [-0.39, 0.29) is 17.9 Å². The summed E-state index contributed by atoms with van der Waals surface area (Å²) in [6.07, 6.45) is 0.951. The lowest BCUT2D eigenvalue weighted by Gasteiger charge is -2.33. The van der Waals surface area contributed by atoms with E-state index in [1.165, 1.54) is 29.5 Å². The van der Waals surface area contributed by atoms with Crippen molar-refractivity contribution >= 4 is 6.08 Å². The van der Waals surface area contributed by atoms with Crippen molar-refractivity contribution in [2.75, 3.05) is 0 Å². The highest BCUT2D eigenvalue weighted by molar-refractivity contribution is 5.51. The molecule has 0 aliphatic carbocycles. The molecule has 10 heteroatoms. The lowest BCUT2D eigenvalue weighted by atomic mass is 9.81. The number of alkyl halides is 3. The van der Waals surface area contributed by atoms with Crippen molar-refractivity contribution in [1.29, 1.82) is 0 Å². The number of hydrogen-bond donors (Lipinski definition) is 1. The summed E-state index contributed by atoms with van der Waals surface area (Å²) in [6, 6.07) is 7.99. The molecule has 3 rings (SSSR count). The number of hydrogen-bond acceptors (Lipinski definition) is 4. The minimum Gasteiger partial charge on any atom is -0.406 e. The van der Waals surface area contributed by atoms with Crippen LogP contribution in [0.15, 0.2) is 61.2 Å². The first-order valence-electron chi connectivity index (χ1n) is 9.11. The molecule has 164 valence electrons. The summed E-state index contributed by atoms with van der Waals surface area (Å²) in [6.45, 7) is 1.46. The first-order valence-corrected chi connectivity index (χ1v) is 9.11. The van der Waals surface area contributed by atoms with Gasteiger partial charge in [0.2, 0.25) is 0 Å². The van der Waals surface area contributed by atoms with Crippen LogP contribution >= 0.6 is 0 Å². The predicted octanol–water partition coefficient (Wildman–Crippen LogP) is 4.69. The van der Waals surface area contributed by atoms with Gasteiger partial charge in [0, 0.05) is 17.5 Å². The van der Waals surface area contributed by atoms with E-state index in [2.05, 4.69) is 14.8 Å². The van der Waals surface area contributed by atoms with Gasteiger partial charge in [0.1, 0.15) is 35.6 Å². The molecule has 5 nitrogen and oxygen atoms in total. The van der Waals surface area contributed by atoms with Crippen molar-refractivity contribution in [3.63, 3.8) is 0 Å². The van der Waals surface area contributed by atoms with Crippen LogP contribution in [0, 0.1) is 17.6 Å². The highest BCUT2D eigenvalue weighted by Gasteiger charge is 2.38. The molecule has 1 aromatic heterocycles. The predicted molar refractivity (Wildman–Crippen MR) is 102 cm³/mol. The van der Waals surface area contributed by atoms with Crippen LogP contribution in [0.25, 0.3) is 6.08 Å². The standard InChI is InChI=1S/C21H18F5N3O2/c1-14(2-3-15-4-7-17(8-5-15)31-21(24,25)26)20(30,11-29-13-27-12-28-29)18-9-6-16(22)10-19(18)23/h2-10,12-14,30H,11H2,1H3/b3-2+/t14-,20+/m0/s1. The number of rotatable bonds is 7. The molecule has 0 fully saturated rings. The third-order valence-electron chi connectivity index (χ3n) is 4.71. The zero-order valence-electron chi connectivity index (χ0n) is 16.2. The minimum absolute atomic E-state index is 0.129. The Morgan fingerprint density at radius 2 is 1.84 bits per heavy atom. The molecule has 2 aromatic carbocycles. The Labute approximate surface area is 174 Å². The van der Waals surface area contributed by atoms with E-state index in [0.29, 0.717) is 11.6 Å². The van der Waals surface area contributed by atoms with E-state index < -0.39 is 29.5 Å². The molecule has 0 unspecified atom stereocenters. The normalized spacial score (nSPS) is 15.1. The zero-order valence-corrected chi connectivity index (χ0v) is 16.2. The van der Waals surface area contributed by atoms with E-state index in [9.17, 15) is 27.1 Å². The summed E-state index contributed by atoms with van der Waals surface area (Å²) in [5.74, 6) is -2.78. The maximum Gasteiger partial charge on any atom is 0.573 e. The molecule has 3 aromatic rings. The van der Waals surface area contributed by atoms with Gasteiger partial charge in [-0.25, -0.2) is 18.4 Å². The Morgan fingerprint density at radius 1 is 1.13 bits per heavy atom. The van der Waals surface area contributed by atoms with E-state index in [0.717, 1.165) is 24.3 Å². The number of ether oxygens (including phenoxy) is 1. The number of halogens is 5. The third kappa shape index (κ3) is 5.66. The Morgan fingerprint density at radius 3 is 2.42 bits per heavy atom. The average molecular weight is 439 g/mol. The summed E-state index contributed by atoms with van der Waals surface area (Å²) >= 11 is 0. The quantitative estimate of drug-likeness (QED) is 0.543. The van der Waals surface area contributed by atoms with Crippen LogP contribution in [0.2, 0.25) is 0 Å². The van der Waals surface area contributed by atoms with Crippen LogP contribution in [0.3, 0.4) is 0 Å². The van der Waals surface area contributed by atoms with Gasteiger partial charge in [-0.3, -0.25) is 0 Å². The van der Waals surface area contributed by atoms with Crippen LogP contribution in [-0.2, 0) is 12.1 Å². The monoisotopic (exact) mass is 439 g/mol. The van der Waals surface area contributed by atoms with Crippen molar-refractivity contribution in [2.45, 2.75) is 25.4 Å². The van der Waals surface area contributed by atoms with Gasteiger partial charge in [-0.15, -0.1) is 13.2 Å². The van der Waals surface area contributed by atoms with Crippen molar-refractivity contribution in [3.8, 4) is 5.75 Å². The SMILES string of the molecule is C[C@@H](/C=C/c1ccc(OC(F)(F)F)cc1)[C@](O)(Cn1cncn1)c1ccc(F)cc1F. The highest BCUT2D eigenvalue weighted by atomic mass is 19.4. The largest absolute Gasteiger partial charge is 0.573 e. The molecule has 1 heterocycles. The summed E-state index contributed by atoms with van der Waals surface area (Å²) < 4.78 is 69.8. The summed E-state index contributed by atoms with van der Waals surface area (Å²) in [5, 5.41) is 15.3. The lowest BCUT2D eigenvalue weighted by Crippen LogP contribution is -2.38. The Kier molecular flexibility index (Phi) is 6.40. The molecule has 0 aliphatic heterocycles. The van der Waals surface area contributed by atoms with Crippen molar-refractivity contribution < 1.29 is 31.8 Å². The molecule has 0 aliphatic rings. The van der Waals surface area contributed by atoms with Crippen molar-refractivity contribution in [3.05, 3.63) is 84.0 Å². The van der Waals surface area contributed by atoms with Gasteiger partial charge in [-0.2, -0.15) is 5.10 Å². The second-order valence-electron chi connectivity index (χ2n) is 6.91. The molecular formula is C21H18F5N3O2. The Bertz CT molecular complexity index is 1040. The number of nitrogens with zero attached hydrogens (tertiary/aromatic N) is 3. The number of aromatic nitrogens is 3. The van der Waals surface area contributed by atoms with Crippen LogP contribution < -0.4 is 4.74 Å². The Hall–Kier alpha value is -3.27. The summed E-state index contributed by atoms with van der Waals surface area (Å²) in [5.41, 5.74) is -1.42. The number of aliphatic hydroxyl groups is 1. The maximum absolute atomic E-state index is 14.5. The van der Waals surface area contributed by atoms with E-state index >= 15 is 0 Å². The second-order valence-corrected chi connectivity index (χ2v) is 6.91. The van der Waals surface area contributed by atoms with Gasteiger partial charge >= 0.3 is 6.36 Å². The first-order chi connectivity index (χ1) is 14.6. The van der Waals surface area contributed by atoms with Gasteiger partial charge in [0.05, 0.1) is 6.54 Å². The third-order valence-corrected chi connectivity index (χ3v) is 4.71. The van der Waals surface area contributed by atoms with E-state index in [4.69, 9.17) is 0 Å². The van der Waals surface area contributed by atoms with Gasteiger partial charge in [-0.1, -0.05) is 37.3 Å². The molecule has 31 heavy (non-hydrogen) atoms. The lowest BCUT2D eigenvalue weighted by molar-refractivity contribution is -0.274. The molecular weight excluding hydrogens is 421 g/mol. The minimum atomic E-state index is -4.79. The summed E-state index contributed by atoms with van der Waals surface area (Å²) in [7, 11) is 0. The summed E-state index contributed by atoms with van der Waals surface area (Å²) in [4.78, 5) is 3.80. The van der Waals surface area contributed by atoms with Crippen LogP contribution in [0.4, 0.5) is 22.0 Å². The van der Waals surface area contributed by atoms with Crippen molar-refractivity contribution in [2.24, 2.45) is 5.92 Å². The van der Waals surface area contributed by atoms with Crippen LogP contribution in [0.5, 0.6) is 5.75 Å². The molecule has 0 saturated heterocycles. The topological polar surface area (TPSA) is 60.2 Å². The van der Waals surface area contributed by atoms with Crippen LogP contribution in [0.1, 0.15) is 18.1 Å². The van der Waals surface area contributed by atoms with E-state index in [1.54, 1.807) is 19.1 Å². The highest BCUT2D eigenvalue weighted by Crippen LogP contribution is 2.35. The van der Waals surface area contributed by atoms with E-state index in [1.807, 2.05) is 0 Å². The second kappa shape index (κ2) is 8.84. The average Bonchev–Trinajstić information content (AvgIpc) is 3.18. The molecule has 1 N–H and O–H groups in total. The first kappa shape index (κ1) is 22.4. The zero-order chi connectivity index (χ0) is 22.6. The molecule has 0 amide bonds. The molecule has 0 saturated carbocycles. The maximum atomic E-state index is 14.5. The Balaban J connectivity index is 1.87. The molecule has 0 radical (unpaired) electrons.